The number of nitrogens with two attached hydrogens (primary N) is 2. The molecule has 0 saturated heterocycles. The third-order valence-electron chi connectivity index (χ3n) is 2.71. The number of rotatable bonds is 6. The molecule has 0 fully saturated rings. The molecule has 0 radical (unpaired) electrons. The standard InChI is InChI=1S/C13H19N3O2.ClH/c1-2-9-5-3-4-6-10(9)8-16-13(18)11(14)7-12(15)17;/h3-6,11H,2,7-8,14H2,1H3,(H2,15,17)(H,16,18);1H. The first-order valence-corrected chi connectivity index (χ1v) is 5.93. The number of carbonyl (C=O) groups is 2. The average molecular weight is 286 g/mol. The molecule has 6 heteroatoms. The van der Waals surface area contributed by atoms with Gasteiger partial charge in [-0.1, -0.05) is 31.2 Å². The van der Waals surface area contributed by atoms with Gasteiger partial charge in [-0.3, -0.25) is 9.59 Å². The predicted octanol–water partition coefficient (Wildman–Crippen LogP) is 0.490. The molecular weight excluding hydrogens is 266 g/mol. The van der Waals surface area contributed by atoms with Crippen LogP contribution >= 0.6 is 12.4 Å². The van der Waals surface area contributed by atoms with E-state index in [1.807, 2.05) is 24.3 Å². The molecule has 0 aromatic heterocycles. The summed E-state index contributed by atoms with van der Waals surface area (Å²) in [7, 11) is 0. The maximum absolute atomic E-state index is 11.6. The van der Waals surface area contributed by atoms with Crippen molar-refractivity contribution < 1.29 is 9.59 Å². The van der Waals surface area contributed by atoms with Gasteiger partial charge in [0, 0.05) is 6.54 Å². The number of hydrogen-bond donors (Lipinski definition) is 3. The van der Waals surface area contributed by atoms with Crippen molar-refractivity contribution in [3.8, 4) is 0 Å². The van der Waals surface area contributed by atoms with E-state index < -0.39 is 11.9 Å². The van der Waals surface area contributed by atoms with Crippen LogP contribution in [0.4, 0.5) is 0 Å². The first-order valence-electron chi connectivity index (χ1n) is 5.93. The molecule has 0 aliphatic rings. The van der Waals surface area contributed by atoms with Crippen molar-refractivity contribution >= 4 is 24.2 Å². The topological polar surface area (TPSA) is 98.2 Å². The van der Waals surface area contributed by atoms with Gasteiger partial charge in [-0.2, -0.15) is 0 Å². The number of hydrogen-bond acceptors (Lipinski definition) is 3. The Labute approximate surface area is 119 Å². The van der Waals surface area contributed by atoms with E-state index in [4.69, 9.17) is 11.5 Å². The Morgan fingerprint density at radius 3 is 2.37 bits per heavy atom. The summed E-state index contributed by atoms with van der Waals surface area (Å²) in [5, 5.41) is 2.71. The molecule has 2 amide bonds. The molecule has 106 valence electrons. The number of carbonyl (C=O) groups excluding carboxylic acids is 2. The van der Waals surface area contributed by atoms with Crippen molar-refractivity contribution in [2.45, 2.75) is 32.4 Å². The maximum atomic E-state index is 11.6. The van der Waals surface area contributed by atoms with Gasteiger partial charge in [0.15, 0.2) is 0 Å². The maximum Gasteiger partial charge on any atom is 0.237 e. The number of amides is 2. The van der Waals surface area contributed by atoms with Crippen LogP contribution in [0, 0.1) is 0 Å². The molecule has 0 aliphatic carbocycles. The van der Waals surface area contributed by atoms with E-state index in [0.717, 1.165) is 12.0 Å². The van der Waals surface area contributed by atoms with Crippen molar-refractivity contribution in [1.29, 1.82) is 0 Å². The molecule has 0 saturated carbocycles. The van der Waals surface area contributed by atoms with E-state index in [-0.39, 0.29) is 24.7 Å². The lowest BCUT2D eigenvalue weighted by atomic mass is 10.1. The van der Waals surface area contributed by atoms with Crippen LogP contribution in [0.1, 0.15) is 24.5 Å². The number of primary amides is 1. The second-order valence-electron chi connectivity index (χ2n) is 4.12. The summed E-state index contributed by atoms with van der Waals surface area (Å²) in [6.07, 6.45) is 0.765. The first kappa shape index (κ1) is 17.4. The third kappa shape index (κ3) is 5.72. The zero-order valence-electron chi connectivity index (χ0n) is 10.9. The third-order valence-corrected chi connectivity index (χ3v) is 2.71. The molecule has 5 nitrogen and oxygen atoms in total. The fourth-order valence-corrected chi connectivity index (χ4v) is 1.70. The van der Waals surface area contributed by atoms with Gasteiger partial charge in [0.25, 0.3) is 0 Å². The van der Waals surface area contributed by atoms with Crippen LogP contribution in [0.25, 0.3) is 0 Å². The van der Waals surface area contributed by atoms with E-state index in [0.29, 0.717) is 6.54 Å². The van der Waals surface area contributed by atoms with Gasteiger partial charge in [0.1, 0.15) is 0 Å². The van der Waals surface area contributed by atoms with Crippen molar-refractivity contribution in [3.05, 3.63) is 35.4 Å². The lowest BCUT2D eigenvalue weighted by Gasteiger charge is -2.12. The number of nitrogens with one attached hydrogen (secondary N) is 1. The molecule has 0 bridgehead atoms. The molecule has 1 aromatic carbocycles. The van der Waals surface area contributed by atoms with Crippen LogP contribution < -0.4 is 16.8 Å². The molecule has 1 aromatic rings. The normalized spacial score (nSPS) is 11.3. The molecule has 1 unspecified atom stereocenters. The monoisotopic (exact) mass is 285 g/mol. The van der Waals surface area contributed by atoms with Crippen molar-refractivity contribution in [2.75, 3.05) is 0 Å². The second kappa shape index (κ2) is 8.50. The minimum atomic E-state index is -0.878. The molecule has 19 heavy (non-hydrogen) atoms. The smallest absolute Gasteiger partial charge is 0.237 e. The highest BCUT2D eigenvalue weighted by Crippen LogP contribution is 2.08. The molecule has 0 aliphatic heterocycles. The fraction of sp³-hybridized carbons (Fsp3) is 0.385. The number of benzene rings is 1. The van der Waals surface area contributed by atoms with Gasteiger partial charge in [-0.15, -0.1) is 12.4 Å². The van der Waals surface area contributed by atoms with Crippen LogP contribution in [0.15, 0.2) is 24.3 Å². The van der Waals surface area contributed by atoms with Crippen LogP contribution in [0.5, 0.6) is 0 Å². The zero-order valence-corrected chi connectivity index (χ0v) is 11.7. The molecular formula is C13H20ClN3O2. The minimum absolute atomic E-state index is 0. The molecule has 1 rings (SSSR count). The van der Waals surface area contributed by atoms with Gasteiger partial charge in [-0.25, -0.2) is 0 Å². The molecule has 0 spiro atoms. The summed E-state index contributed by atoms with van der Waals surface area (Å²) >= 11 is 0. The predicted molar refractivity (Wildman–Crippen MR) is 76.7 cm³/mol. The Kier molecular flexibility index (Phi) is 7.79. The van der Waals surface area contributed by atoms with E-state index in [9.17, 15) is 9.59 Å². The Bertz CT molecular complexity index is 438. The van der Waals surface area contributed by atoms with Crippen molar-refractivity contribution in [1.82, 2.24) is 5.32 Å². The van der Waals surface area contributed by atoms with Crippen LogP contribution in [0.3, 0.4) is 0 Å². The Hall–Kier alpha value is -1.59. The van der Waals surface area contributed by atoms with E-state index >= 15 is 0 Å². The Morgan fingerprint density at radius 2 is 1.84 bits per heavy atom. The highest BCUT2D eigenvalue weighted by molar-refractivity contribution is 5.87. The van der Waals surface area contributed by atoms with Gasteiger partial charge in [-0.05, 0) is 17.5 Å². The van der Waals surface area contributed by atoms with Crippen molar-refractivity contribution in [3.63, 3.8) is 0 Å². The van der Waals surface area contributed by atoms with Gasteiger partial charge >= 0.3 is 0 Å². The van der Waals surface area contributed by atoms with Gasteiger partial charge in [0.2, 0.25) is 11.8 Å². The summed E-state index contributed by atoms with van der Waals surface area (Å²) in [4.78, 5) is 22.3. The largest absolute Gasteiger partial charge is 0.370 e. The first-order chi connectivity index (χ1) is 8.54. The highest BCUT2D eigenvalue weighted by Gasteiger charge is 2.15. The summed E-state index contributed by atoms with van der Waals surface area (Å²) in [5.41, 5.74) is 12.8. The fourth-order valence-electron chi connectivity index (χ4n) is 1.70. The lowest BCUT2D eigenvalue weighted by Crippen LogP contribution is -2.42. The lowest BCUT2D eigenvalue weighted by molar-refractivity contribution is -0.126. The van der Waals surface area contributed by atoms with E-state index in [2.05, 4.69) is 12.2 Å². The van der Waals surface area contributed by atoms with Crippen molar-refractivity contribution in [2.24, 2.45) is 11.5 Å². The average Bonchev–Trinajstić information content (AvgIpc) is 2.35. The highest BCUT2D eigenvalue weighted by atomic mass is 35.5. The Balaban J connectivity index is 0.00000324. The summed E-state index contributed by atoms with van der Waals surface area (Å²) < 4.78 is 0. The van der Waals surface area contributed by atoms with E-state index in [1.54, 1.807) is 0 Å². The van der Waals surface area contributed by atoms with Crippen LogP contribution in [-0.4, -0.2) is 17.9 Å². The molecule has 1 atom stereocenters. The zero-order chi connectivity index (χ0) is 13.5. The molecule has 5 N–H and O–H groups in total. The number of aryl methyl sites for hydroxylation is 1. The Morgan fingerprint density at radius 1 is 1.26 bits per heavy atom. The van der Waals surface area contributed by atoms with Crippen LogP contribution in [0.2, 0.25) is 0 Å². The minimum Gasteiger partial charge on any atom is -0.370 e. The second-order valence-corrected chi connectivity index (χ2v) is 4.12. The quantitative estimate of drug-likeness (QED) is 0.709. The van der Waals surface area contributed by atoms with Crippen LogP contribution in [-0.2, 0) is 22.6 Å². The van der Waals surface area contributed by atoms with Gasteiger partial charge in [0.05, 0.1) is 12.5 Å². The SMILES string of the molecule is CCc1ccccc1CNC(=O)C(N)CC(N)=O.Cl. The molecule has 0 heterocycles. The summed E-state index contributed by atoms with van der Waals surface area (Å²) in [6.45, 7) is 2.47. The summed E-state index contributed by atoms with van der Waals surface area (Å²) in [5.74, 6) is -0.939. The summed E-state index contributed by atoms with van der Waals surface area (Å²) in [6, 6.07) is 6.98. The van der Waals surface area contributed by atoms with Gasteiger partial charge < -0.3 is 16.8 Å². The van der Waals surface area contributed by atoms with E-state index in [1.165, 1.54) is 5.56 Å². The number of halogens is 1.